The quantitative estimate of drug-likeness (QED) is 0.512. The zero-order chi connectivity index (χ0) is 5.98. The third kappa shape index (κ3) is 1.20. The highest BCUT2D eigenvalue weighted by molar-refractivity contribution is 7.83. The summed E-state index contributed by atoms with van der Waals surface area (Å²) in [6, 6.07) is 7.68. The Bertz CT molecular complexity index is 167. The summed E-state index contributed by atoms with van der Waals surface area (Å²) in [5, 5.41) is 0. The molecule has 8 heavy (non-hydrogen) atoms. The van der Waals surface area contributed by atoms with Gasteiger partial charge in [0.15, 0.2) is 0 Å². The zero-order valence-corrected chi connectivity index (χ0v) is 5.99. The minimum Gasteiger partial charge on any atom is -0.142 e. The number of hydrogen-bond donors (Lipinski definition) is 2. The van der Waals surface area contributed by atoms with Gasteiger partial charge in [0.2, 0.25) is 0 Å². The lowest BCUT2D eigenvalue weighted by molar-refractivity contribution is 1.27. The lowest BCUT2D eigenvalue weighted by Gasteiger charge is -1.91. The second-order valence-corrected chi connectivity index (χ2v) is 2.45. The maximum Gasteiger partial charge on any atom is 1.00 e. The molecule has 0 nitrogen and oxygen atoms in total. The molecule has 0 unspecified atom stereocenters. The highest BCUT2D eigenvalue weighted by atomic mass is 32.1. The average molecular weight is 143 g/mol. The number of benzene rings is 1. The Morgan fingerprint density at radius 3 is 1.62 bits per heavy atom. The van der Waals surface area contributed by atoms with E-state index in [4.69, 9.17) is 0 Å². The Hall–Kier alpha value is -0.0800. The third-order valence-corrected chi connectivity index (χ3v) is 1.84. The molecule has 0 aliphatic heterocycles. The fourth-order valence-electron chi connectivity index (χ4n) is 0.464. The zero-order valence-electron chi connectivity index (χ0n) is 5.20. The summed E-state index contributed by atoms with van der Waals surface area (Å²) in [6.45, 7) is 0. The molecule has 0 amide bonds. The molecule has 0 aliphatic rings. The lowest BCUT2D eigenvalue weighted by Crippen LogP contribution is -1.65. The molecule has 0 aromatic heterocycles. The van der Waals surface area contributed by atoms with Crippen LogP contribution in [-0.4, -0.2) is 0 Å². The van der Waals surface area contributed by atoms with Crippen LogP contribution in [0.5, 0.6) is 0 Å². The van der Waals surface area contributed by atoms with Crippen LogP contribution in [0.2, 0.25) is 0 Å². The van der Waals surface area contributed by atoms with Gasteiger partial charge in [-0.25, -0.2) is 0 Å². The van der Waals surface area contributed by atoms with Crippen molar-refractivity contribution < 1.29 is 1.43 Å². The normalized spacial score (nSPS) is 9.25. The molecule has 42 valence electrons. The molecule has 0 aliphatic carbocycles. The number of hydrogen-bond acceptors (Lipinski definition) is 2. The molecule has 1 aromatic carbocycles. The van der Waals surface area contributed by atoms with E-state index in [1.54, 1.807) is 0 Å². The van der Waals surface area contributed by atoms with E-state index < -0.39 is 0 Å². The maximum absolute atomic E-state index is 4.12. The van der Waals surface area contributed by atoms with Crippen molar-refractivity contribution in [1.82, 2.24) is 0 Å². The highest BCUT2D eigenvalue weighted by Crippen LogP contribution is 2.15. The van der Waals surface area contributed by atoms with Crippen molar-refractivity contribution in [3.63, 3.8) is 0 Å². The van der Waals surface area contributed by atoms with Crippen LogP contribution in [0, 0.1) is 0 Å². The van der Waals surface area contributed by atoms with Crippen LogP contribution in [0.4, 0.5) is 0 Å². The number of thiol groups is 2. The van der Waals surface area contributed by atoms with Gasteiger partial charge in [-0.05, 0) is 12.1 Å². The maximum atomic E-state index is 4.12. The van der Waals surface area contributed by atoms with Gasteiger partial charge in [0.1, 0.15) is 0 Å². The fraction of sp³-hybridized carbons (Fsp3) is 0. The first-order valence-electron chi connectivity index (χ1n) is 2.27. The van der Waals surface area contributed by atoms with E-state index in [0.717, 1.165) is 9.79 Å². The Morgan fingerprint density at radius 2 is 1.38 bits per heavy atom. The van der Waals surface area contributed by atoms with Crippen molar-refractivity contribution in [2.75, 3.05) is 0 Å². The third-order valence-electron chi connectivity index (χ3n) is 0.882. The monoisotopic (exact) mass is 143 g/mol. The first kappa shape index (κ1) is 6.05. The van der Waals surface area contributed by atoms with Crippen LogP contribution in [0.3, 0.4) is 0 Å². The molecule has 0 spiro atoms. The molecule has 0 saturated heterocycles. The van der Waals surface area contributed by atoms with Crippen LogP contribution in [0.15, 0.2) is 34.1 Å². The van der Waals surface area contributed by atoms with Crippen LogP contribution < -0.4 is 0 Å². The van der Waals surface area contributed by atoms with Crippen molar-refractivity contribution in [2.45, 2.75) is 9.79 Å². The Balaban J connectivity index is 0.000000640. The lowest BCUT2D eigenvalue weighted by atomic mass is 10.4. The van der Waals surface area contributed by atoms with Gasteiger partial charge in [0.25, 0.3) is 0 Å². The SMILES string of the molecule is Sc1ccccc1S.[H+]. The Kier molecular flexibility index (Phi) is 1.86. The predicted octanol–water partition coefficient (Wildman–Crippen LogP) is 2.38. The van der Waals surface area contributed by atoms with Crippen LogP contribution >= 0.6 is 25.3 Å². The minimum absolute atomic E-state index is 0. The summed E-state index contributed by atoms with van der Waals surface area (Å²) in [4.78, 5) is 1.85. The smallest absolute Gasteiger partial charge is 0.142 e. The largest absolute Gasteiger partial charge is 1.00 e. The van der Waals surface area contributed by atoms with Gasteiger partial charge in [-0.15, -0.1) is 25.3 Å². The molecule has 1 aromatic rings. The van der Waals surface area contributed by atoms with Crippen molar-refractivity contribution in [3.05, 3.63) is 24.3 Å². The van der Waals surface area contributed by atoms with Gasteiger partial charge in [0, 0.05) is 9.79 Å². The van der Waals surface area contributed by atoms with Crippen molar-refractivity contribution in [1.29, 1.82) is 0 Å². The molecule has 0 fully saturated rings. The van der Waals surface area contributed by atoms with Gasteiger partial charge >= 0.3 is 1.43 Å². The summed E-state index contributed by atoms with van der Waals surface area (Å²) in [6.07, 6.45) is 0. The molecular formula is C6H7S2+. The van der Waals surface area contributed by atoms with E-state index in [1.807, 2.05) is 24.3 Å². The van der Waals surface area contributed by atoms with Crippen molar-refractivity contribution in [3.8, 4) is 0 Å². The first-order chi connectivity index (χ1) is 3.80. The minimum atomic E-state index is 0. The Labute approximate surface area is 61.2 Å². The number of rotatable bonds is 0. The van der Waals surface area contributed by atoms with Gasteiger partial charge in [-0.2, -0.15) is 0 Å². The molecule has 0 bridgehead atoms. The summed E-state index contributed by atoms with van der Waals surface area (Å²) in [5.74, 6) is 0. The first-order valence-corrected chi connectivity index (χ1v) is 3.17. The molecule has 0 saturated carbocycles. The van der Waals surface area contributed by atoms with Gasteiger partial charge in [0.05, 0.1) is 0 Å². The van der Waals surface area contributed by atoms with E-state index in [9.17, 15) is 0 Å². The van der Waals surface area contributed by atoms with E-state index >= 15 is 0 Å². The fourth-order valence-corrected chi connectivity index (χ4v) is 0.785. The second-order valence-electron chi connectivity index (χ2n) is 1.49. The summed E-state index contributed by atoms with van der Waals surface area (Å²) in [5.41, 5.74) is 0. The average Bonchev–Trinajstić information content (AvgIpc) is 1.77. The van der Waals surface area contributed by atoms with Crippen LogP contribution in [-0.2, 0) is 0 Å². The van der Waals surface area contributed by atoms with Gasteiger partial charge in [-0.3, -0.25) is 0 Å². The summed E-state index contributed by atoms with van der Waals surface area (Å²) >= 11 is 8.24. The van der Waals surface area contributed by atoms with E-state index in [1.165, 1.54) is 0 Å². The Morgan fingerprint density at radius 1 is 1.00 bits per heavy atom. The van der Waals surface area contributed by atoms with E-state index in [2.05, 4.69) is 25.3 Å². The summed E-state index contributed by atoms with van der Waals surface area (Å²) < 4.78 is 0. The standard InChI is InChI=1S/C6H6S2/c7-5-3-1-2-4-6(5)8/h1-4,7-8H/p+1. The van der Waals surface area contributed by atoms with Gasteiger partial charge in [-0.1, -0.05) is 12.1 Å². The van der Waals surface area contributed by atoms with Crippen LogP contribution in [0.25, 0.3) is 0 Å². The van der Waals surface area contributed by atoms with Gasteiger partial charge < -0.3 is 0 Å². The molecule has 0 N–H and O–H groups in total. The molecule has 0 atom stereocenters. The molecule has 1 rings (SSSR count). The molecule has 0 heterocycles. The van der Waals surface area contributed by atoms with Crippen molar-refractivity contribution in [2.24, 2.45) is 0 Å². The molecule has 0 radical (unpaired) electrons. The van der Waals surface area contributed by atoms with E-state index in [0.29, 0.717) is 0 Å². The molecular weight excluding hydrogens is 136 g/mol. The predicted molar refractivity (Wildman–Crippen MR) is 42.1 cm³/mol. The second kappa shape index (κ2) is 2.46. The topological polar surface area (TPSA) is 0 Å². The highest BCUT2D eigenvalue weighted by Gasteiger charge is 1.86. The van der Waals surface area contributed by atoms with Crippen LogP contribution in [0.1, 0.15) is 1.43 Å². The summed E-state index contributed by atoms with van der Waals surface area (Å²) in [7, 11) is 0. The molecule has 2 heteroatoms. The van der Waals surface area contributed by atoms with E-state index in [-0.39, 0.29) is 1.43 Å². The van der Waals surface area contributed by atoms with Crippen molar-refractivity contribution >= 4 is 25.3 Å².